The predicted octanol–water partition coefficient (Wildman–Crippen LogP) is 3.43. The van der Waals surface area contributed by atoms with E-state index in [4.69, 9.17) is 0 Å². The van der Waals surface area contributed by atoms with Gasteiger partial charge in [0.2, 0.25) is 0 Å². The highest BCUT2D eigenvalue weighted by atomic mass is 79.9. The number of nitro groups is 1. The minimum atomic E-state index is -0.535. The van der Waals surface area contributed by atoms with Gasteiger partial charge in [-0.05, 0) is 52.7 Å². The van der Waals surface area contributed by atoms with E-state index in [1.807, 2.05) is 31.2 Å². The van der Waals surface area contributed by atoms with Crippen molar-refractivity contribution < 1.29 is 9.72 Å². The molecule has 26 heavy (non-hydrogen) atoms. The first kappa shape index (κ1) is 17.7. The second-order valence-electron chi connectivity index (χ2n) is 5.55. The minimum absolute atomic E-state index is 0.150. The number of carbonyl (C=O) groups is 1. The molecule has 0 aliphatic heterocycles. The molecular formula is C17H14BrN5O3. The van der Waals surface area contributed by atoms with E-state index in [1.165, 1.54) is 24.5 Å². The van der Waals surface area contributed by atoms with Crippen LogP contribution in [0.15, 0.2) is 59.6 Å². The van der Waals surface area contributed by atoms with E-state index in [0.29, 0.717) is 4.47 Å². The summed E-state index contributed by atoms with van der Waals surface area (Å²) in [4.78, 5) is 26.8. The number of rotatable bonds is 5. The predicted molar refractivity (Wildman–Crippen MR) is 98.0 cm³/mol. The first-order valence-corrected chi connectivity index (χ1v) is 8.45. The van der Waals surface area contributed by atoms with E-state index in [2.05, 4.69) is 31.3 Å². The molecule has 1 amide bonds. The Hall–Kier alpha value is -3.07. The SMILES string of the molecule is CC(NC(=O)c1ccc(Br)c([N+](=O)[O-])c1)c1ccc(-n2cncn2)cc1. The third-order valence-corrected chi connectivity index (χ3v) is 4.50. The summed E-state index contributed by atoms with van der Waals surface area (Å²) in [6.07, 6.45) is 3.05. The number of hydrogen-bond acceptors (Lipinski definition) is 5. The average Bonchev–Trinajstić information content (AvgIpc) is 3.16. The molecule has 0 saturated heterocycles. The molecule has 1 heterocycles. The summed E-state index contributed by atoms with van der Waals surface area (Å²) in [6.45, 7) is 1.84. The molecule has 2 aromatic carbocycles. The number of aromatic nitrogens is 3. The van der Waals surface area contributed by atoms with E-state index in [9.17, 15) is 14.9 Å². The standard InChI is InChI=1S/C17H14BrN5O3/c1-11(12-2-5-14(6-3-12)22-10-19-9-20-22)21-17(24)13-4-7-15(18)16(8-13)23(25)26/h2-11H,1H3,(H,21,24). The second-order valence-corrected chi connectivity index (χ2v) is 6.40. The van der Waals surface area contributed by atoms with Gasteiger partial charge in [-0.2, -0.15) is 5.10 Å². The molecule has 0 fully saturated rings. The Morgan fingerprint density at radius 3 is 2.62 bits per heavy atom. The van der Waals surface area contributed by atoms with E-state index in [1.54, 1.807) is 11.0 Å². The average molecular weight is 416 g/mol. The van der Waals surface area contributed by atoms with Crippen LogP contribution in [-0.4, -0.2) is 25.6 Å². The molecule has 1 aromatic heterocycles. The highest BCUT2D eigenvalue weighted by Crippen LogP contribution is 2.26. The molecule has 1 atom stereocenters. The molecule has 0 aliphatic rings. The molecule has 0 aliphatic carbocycles. The summed E-state index contributed by atoms with van der Waals surface area (Å²) >= 11 is 3.11. The Morgan fingerprint density at radius 1 is 1.27 bits per heavy atom. The summed E-state index contributed by atoms with van der Waals surface area (Å²) in [5, 5.41) is 17.9. The molecule has 0 radical (unpaired) electrons. The van der Waals surface area contributed by atoms with Crippen LogP contribution >= 0.6 is 15.9 Å². The van der Waals surface area contributed by atoms with Crippen LogP contribution < -0.4 is 5.32 Å². The van der Waals surface area contributed by atoms with Crippen molar-refractivity contribution in [1.29, 1.82) is 0 Å². The fraction of sp³-hybridized carbons (Fsp3) is 0.118. The van der Waals surface area contributed by atoms with E-state index in [-0.39, 0.29) is 23.2 Å². The van der Waals surface area contributed by atoms with Crippen LogP contribution in [0.4, 0.5) is 5.69 Å². The van der Waals surface area contributed by atoms with Crippen LogP contribution in [0.5, 0.6) is 0 Å². The third-order valence-electron chi connectivity index (χ3n) is 3.83. The molecule has 9 heteroatoms. The van der Waals surface area contributed by atoms with Gasteiger partial charge in [0.05, 0.1) is 21.1 Å². The molecular weight excluding hydrogens is 402 g/mol. The summed E-state index contributed by atoms with van der Waals surface area (Å²) in [5.74, 6) is -0.381. The van der Waals surface area contributed by atoms with Crippen molar-refractivity contribution >= 4 is 27.5 Å². The number of hydrogen-bond donors (Lipinski definition) is 1. The Labute approximate surface area is 157 Å². The zero-order valence-corrected chi connectivity index (χ0v) is 15.3. The smallest absolute Gasteiger partial charge is 0.284 e. The number of nitrogens with zero attached hydrogens (tertiary/aromatic N) is 4. The first-order chi connectivity index (χ1) is 12.5. The maximum Gasteiger partial charge on any atom is 0.284 e. The van der Waals surface area contributed by atoms with E-state index in [0.717, 1.165) is 11.3 Å². The maximum absolute atomic E-state index is 12.4. The minimum Gasteiger partial charge on any atom is -0.346 e. The van der Waals surface area contributed by atoms with Crippen molar-refractivity contribution in [1.82, 2.24) is 20.1 Å². The number of amides is 1. The van der Waals surface area contributed by atoms with Crippen molar-refractivity contribution in [3.8, 4) is 5.69 Å². The maximum atomic E-state index is 12.4. The zero-order valence-electron chi connectivity index (χ0n) is 13.7. The van der Waals surface area contributed by atoms with Crippen LogP contribution in [0.3, 0.4) is 0 Å². The topological polar surface area (TPSA) is 103 Å². The second kappa shape index (κ2) is 7.44. The molecule has 0 saturated carbocycles. The third kappa shape index (κ3) is 3.77. The Kier molecular flexibility index (Phi) is 5.08. The van der Waals surface area contributed by atoms with Gasteiger partial charge in [-0.3, -0.25) is 14.9 Å². The molecule has 1 N–H and O–H groups in total. The summed E-state index contributed by atoms with van der Waals surface area (Å²) < 4.78 is 1.96. The lowest BCUT2D eigenvalue weighted by molar-refractivity contribution is -0.385. The highest BCUT2D eigenvalue weighted by molar-refractivity contribution is 9.10. The van der Waals surface area contributed by atoms with Crippen molar-refractivity contribution in [2.75, 3.05) is 0 Å². The van der Waals surface area contributed by atoms with Gasteiger partial charge in [0.25, 0.3) is 11.6 Å². The van der Waals surface area contributed by atoms with Crippen molar-refractivity contribution in [3.63, 3.8) is 0 Å². The number of halogens is 1. The van der Waals surface area contributed by atoms with Crippen molar-refractivity contribution in [2.24, 2.45) is 0 Å². The lowest BCUT2D eigenvalue weighted by atomic mass is 10.1. The number of nitrogens with one attached hydrogen (secondary N) is 1. The molecule has 0 bridgehead atoms. The van der Waals surface area contributed by atoms with Gasteiger partial charge in [0, 0.05) is 11.6 Å². The Morgan fingerprint density at radius 2 is 2.00 bits per heavy atom. The van der Waals surface area contributed by atoms with E-state index < -0.39 is 4.92 Å². The Balaban J connectivity index is 1.73. The quantitative estimate of drug-likeness (QED) is 0.507. The van der Waals surface area contributed by atoms with Gasteiger partial charge < -0.3 is 5.32 Å². The summed E-state index contributed by atoms with van der Waals surface area (Å²) in [5.41, 5.74) is 1.83. The first-order valence-electron chi connectivity index (χ1n) is 7.65. The van der Waals surface area contributed by atoms with Crippen LogP contribution in [0.1, 0.15) is 28.9 Å². The molecule has 3 aromatic rings. The number of carbonyl (C=O) groups excluding carboxylic acids is 1. The van der Waals surface area contributed by atoms with Crippen molar-refractivity contribution in [3.05, 3.63) is 80.8 Å². The zero-order chi connectivity index (χ0) is 18.7. The fourth-order valence-corrected chi connectivity index (χ4v) is 2.81. The molecule has 8 nitrogen and oxygen atoms in total. The highest BCUT2D eigenvalue weighted by Gasteiger charge is 2.17. The summed E-state index contributed by atoms with van der Waals surface area (Å²) in [7, 11) is 0. The van der Waals surface area contributed by atoms with E-state index >= 15 is 0 Å². The lowest BCUT2D eigenvalue weighted by Crippen LogP contribution is -2.26. The fourth-order valence-electron chi connectivity index (χ4n) is 2.41. The van der Waals surface area contributed by atoms with Crippen LogP contribution in [0, 0.1) is 10.1 Å². The van der Waals surface area contributed by atoms with Crippen LogP contribution in [0.25, 0.3) is 5.69 Å². The van der Waals surface area contributed by atoms with Crippen LogP contribution in [-0.2, 0) is 0 Å². The van der Waals surface area contributed by atoms with Crippen molar-refractivity contribution in [2.45, 2.75) is 13.0 Å². The van der Waals surface area contributed by atoms with Gasteiger partial charge in [-0.25, -0.2) is 9.67 Å². The van der Waals surface area contributed by atoms with Gasteiger partial charge in [-0.1, -0.05) is 12.1 Å². The summed E-state index contributed by atoms with van der Waals surface area (Å²) in [6, 6.07) is 11.5. The normalized spacial score (nSPS) is 11.8. The lowest BCUT2D eigenvalue weighted by Gasteiger charge is -2.15. The molecule has 3 rings (SSSR count). The van der Waals surface area contributed by atoms with Gasteiger partial charge in [-0.15, -0.1) is 0 Å². The van der Waals surface area contributed by atoms with Gasteiger partial charge in [0.1, 0.15) is 12.7 Å². The number of nitro benzene ring substituents is 1. The largest absolute Gasteiger partial charge is 0.346 e. The molecule has 1 unspecified atom stereocenters. The molecule has 0 spiro atoms. The van der Waals surface area contributed by atoms with Gasteiger partial charge in [0.15, 0.2) is 0 Å². The van der Waals surface area contributed by atoms with Gasteiger partial charge >= 0.3 is 0 Å². The van der Waals surface area contributed by atoms with Crippen LogP contribution in [0.2, 0.25) is 0 Å². The number of benzene rings is 2. The Bertz CT molecular complexity index is 942. The molecule has 132 valence electrons. The monoisotopic (exact) mass is 415 g/mol.